The molecule has 4 heteroatoms. The second-order valence-corrected chi connectivity index (χ2v) is 4.55. The molecule has 0 saturated heterocycles. The Bertz CT molecular complexity index is 317. The first kappa shape index (κ1) is 13.0. The highest BCUT2D eigenvalue weighted by Crippen LogP contribution is 2.26. The van der Waals surface area contributed by atoms with Gasteiger partial charge < -0.3 is 9.84 Å². The van der Waals surface area contributed by atoms with Crippen LogP contribution in [0.15, 0.2) is 22.7 Å². The highest BCUT2D eigenvalue weighted by Gasteiger charge is 2.11. The summed E-state index contributed by atoms with van der Waals surface area (Å²) in [6.07, 6.45) is 0.313. The van der Waals surface area contributed by atoms with Gasteiger partial charge in [0.25, 0.3) is 0 Å². The van der Waals surface area contributed by atoms with Crippen molar-refractivity contribution in [2.75, 3.05) is 13.2 Å². The van der Waals surface area contributed by atoms with Crippen LogP contribution in [0.1, 0.15) is 25.0 Å². The van der Waals surface area contributed by atoms with Crippen LogP contribution in [0.3, 0.4) is 0 Å². The van der Waals surface area contributed by atoms with Gasteiger partial charge in [0.15, 0.2) is 0 Å². The van der Waals surface area contributed by atoms with Gasteiger partial charge in [-0.1, -0.05) is 34.5 Å². The Hall–Kier alpha value is -0.0900. The summed E-state index contributed by atoms with van der Waals surface area (Å²) in [5, 5.41) is 10.5. The zero-order chi connectivity index (χ0) is 11.3. The number of hydrogen-bond acceptors (Lipinski definition) is 2. The second kappa shape index (κ2) is 6.48. The lowest BCUT2D eigenvalue weighted by molar-refractivity contribution is 0.0360. The van der Waals surface area contributed by atoms with E-state index in [0.717, 1.165) is 16.5 Å². The van der Waals surface area contributed by atoms with Crippen molar-refractivity contribution in [3.8, 4) is 0 Å². The summed E-state index contributed by atoms with van der Waals surface area (Å²) in [6.45, 7) is 2.99. The maximum absolute atomic E-state index is 9.84. The summed E-state index contributed by atoms with van der Waals surface area (Å²) in [5.74, 6) is 0. The SMILES string of the molecule is CCCOCC(O)c1cc(Cl)ccc1Br. The van der Waals surface area contributed by atoms with E-state index in [1.54, 1.807) is 12.1 Å². The molecular weight excluding hydrogens is 279 g/mol. The van der Waals surface area contributed by atoms with Gasteiger partial charge in [0.05, 0.1) is 6.61 Å². The minimum absolute atomic E-state index is 0.298. The van der Waals surface area contributed by atoms with Gasteiger partial charge >= 0.3 is 0 Å². The van der Waals surface area contributed by atoms with Crippen molar-refractivity contribution < 1.29 is 9.84 Å². The van der Waals surface area contributed by atoms with Crippen LogP contribution in [0.2, 0.25) is 5.02 Å². The predicted molar refractivity (Wildman–Crippen MR) is 65.2 cm³/mol. The second-order valence-electron chi connectivity index (χ2n) is 3.26. The molecule has 15 heavy (non-hydrogen) atoms. The largest absolute Gasteiger partial charge is 0.386 e. The van der Waals surface area contributed by atoms with Gasteiger partial charge in [-0.15, -0.1) is 0 Å². The van der Waals surface area contributed by atoms with Crippen LogP contribution >= 0.6 is 27.5 Å². The lowest BCUT2D eigenvalue weighted by Crippen LogP contribution is -2.08. The van der Waals surface area contributed by atoms with Crippen LogP contribution in [0.5, 0.6) is 0 Å². The molecule has 0 fully saturated rings. The number of aliphatic hydroxyl groups excluding tert-OH is 1. The lowest BCUT2D eigenvalue weighted by Gasteiger charge is -2.13. The van der Waals surface area contributed by atoms with Gasteiger partial charge in [-0.3, -0.25) is 0 Å². The van der Waals surface area contributed by atoms with Gasteiger partial charge in [-0.25, -0.2) is 0 Å². The Morgan fingerprint density at radius 3 is 2.93 bits per heavy atom. The van der Waals surface area contributed by atoms with Crippen molar-refractivity contribution in [3.05, 3.63) is 33.3 Å². The smallest absolute Gasteiger partial charge is 0.103 e. The van der Waals surface area contributed by atoms with E-state index < -0.39 is 6.10 Å². The Morgan fingerprint density at radius 2 is 2.27 bits per heavy atom. The van der Waals surface area contributed by atoms with Gasteiger partial charge in [-0.2, -0.15) is 0 Å². The maximum atomic E-state index is 9.84. The Balaban J connectivity index is 2.64. The van der Waals surface area contributed by atoms with Gasteiger partial charge in [-0.05, 0) is 30.2 Å². The minimum Gasteiger partial charge on any atom is -0.386 e. The van der Waals surface area contributed by atoms with Crippen molar-refractivity contribution >= 4 is 27.5 Å². The molecule has 0 bridgehead atoms. The first-order valence-corrected chi connectivity index (χ1v) is 6.03. The molecule has 0 spiro atoms. The van der Waals surface area contributed by atoms with Crippen molar-refractivity contribution in [2.24, 2.45) is 0 Å². The molecule has 1 unspecified atom stereocenters. The number of hydrogen-bond donors (Lipinski definition) is 1. The van der Waals surface area contributed by atoms with E-state index in [9.17, 15) is 5.11 Å². The van der Waals surface area contributed by atoms with Gasteiger partial charge in [0.1, 0.15) is 6.10 Å². The molecule has 1 N–H and O–H groups in total. The van der Waals surface area contributed by atoms with Gasteiger partial charge in [0, 0.05) is 16.1 Å². The van der Waals surface area contributed by atoms with E-state index in [-0.39, 0.29) is 0 Å². The zero-order valence-electron chi connectivity index (χ0n) is 8.54. The molecule has 0 aliphatic carbocycles. The molecule has 1 aromatic rings. The third-order valence-corrected chi connectivity index (χ3v) is 2.90. The normalized spacial score (nSPS) is 12.8. The maximum Gasteiger partial charge on any atom is 0.103 e. The number of benzene rings is 1. The molecule has 0 aromatic heterocycles. The van der Waals surface area contributed by atoms with E-state index in [1.165, 1.54) is 0 Å². The molecule has 0 aliphatic rings. The molecule has 1 atom stereocenters. The summed E-state index contributed by atoms with van der Waals surface area (Å²) in [7, 11) is 0. The van der Waals surface area contributed by atoms with E-state index in [4.69, 9.17) is 16.3 Å². The van der Waals surface area contributed by atoms with Crippen molar-refractivity contribution in [3.63, 3.8) is 0 Å². The third-order valence-electron chi connectivity index (χ3n) is 1.94. The van der Waals surface area contributed by atoms with E-state index >= 15 is 0 Å². The number of halogens is 2. The predicted octanol–water partition coefficient (Wildman–Crippen LogP) is 3.56. The summed E-state index contributed by atoms with van der Waals surface area (Å²) in [6, 6.07) is 5.33. The molecule has 84 valence electrons. The van der Waals surface area contributed by atoms with Crippen LogP contribution in [0.25, 0.3) is 0 Å². The average Bonchev–Trinajstić information content (AvgIpc) is 2.22. The molecule has 0 radical (unpaired) electrons. The Kier molecular flexibility index (Phi) is 5.61. The molecule has 0 heterocycles. The monoisotopic (exact) mass is 292 g/mol. The van der Waals surface area contributed by atoms with E-state index in [1.807, 2.05) is 13.0 Å². The molecular formula is C11H14BrClO2. The molecule has 2 nitrogen and oxygen atoms in total. The van der Waals surface area contributed by atoms with Crippen LogP contribution in [-0.4, -0.2) is 18.3 Å². The summed E-state index contributed by atoms with van der Waals surface area (Å²) >= 11 is 9.22. The first-order chi connectivity index (χ1) is 7.15. The summed E-state index contributed by atoms with van der Waals surface area (Å²) in [4.78, 5) is 0. The van der Waals surface area contributed by atoms with Gasteiger partial charge in [0.2, 0.25) is 0 Å². The summed E-state index contributed by atoms with van der Waals surface area (Å²) < 4.78 is 6.13. The van der Waals surface area contributed by atoms with Crippen molar-refractivity contribution in [1.82, 2.24) is 0 Å². The average molecular weight is 294 g/mol. The topological polar surface area (TPSA) is 29.5 Å². The van der Waals surface area contributed by atoms with Crippen LogP contribution in [0, 0.1) is 0 Å². The number of ether oxygens (including phenoxy) is 1. The molecule has 0 saturated carbocycles. The lowest BCUT2D eigenvalue weighted by atomic mass is 10.1. The quantitative estimate of drug-likeness (QED) is 0.841. The Morgan fingerprint density at radius 1 is 1.53 bits per heavy atom. The number of aliphatic hydroxyl groups is 1. The van der Waals surface area contributed by atoms with Crippen molar-refractivity contribution in [1.29, 1.82) is 0 Å². The number of rotatable bonds is 5. The molecule has 1 aromatic carbocycles. The third kappa shape index (κ3) is 4.11. The fourth-order valence-electron chi connectivity index (χ4n) is 1.20. The highest BCUT2D eigenvalue weighted by atomic mass is 79.9. The van der Waals surface area contributed by atoms with Crippen LogP contribution in [0.4, 0.5) is 0 Å². The molecule has 0 amide bonds. The fraction of sp³-hybridized carbons (Fsp3) is 0.455. The van der Waals surface area contributed by atoms with E-state index in [2.05, 4.69) is 15.9 Å². The molecule has 1 rings (SSSR count). The zero-order valence-corrected chi connectivity index (χ0v) is 10.9. The fourth-order valence-corrected chi connectivity index (χ4v) is 1.89. The Labute approximate surface area is 103 Å². The first-order valence-electron chi connectivity index (χ1n) is 4.86. The van der Waals surface area contributed by atoms with Crippen LogP contribution < -0.4 is 0 Å². The van der Waals surface area contributed by atoms with Crippen molar-refractivity contribution in [2.45, 2.75) is 19.4 Å². The molecule has 0 aliphatic heterocycles. The van der Waals surface area contributed by atoms with Crippen LogP contribution in [-0.2, 0) is 4.74 Å². The minimum atomic E-state index is -0.635. The van der Waals surface area contributed by atoms with E-state index in [0.29, 0.717) is 18.2 Å². The standard InChI is InChI=1S/C11H14BrClO2/c1-2-5-15-7-11(14)9-6-8(13)3-4-10(9)12/h3-4,6,11,14H,2,5,7H2,1H3. The highest BCUT2D eigenvalue weighted by molar-refractivity contribution is 9.10. The summed E-state index contributed by atoms with van der Waals surface area (Å²) in [5.41, 5.74) is 0.763.